The molecule has 0 saturated heterocycles. The first-order chi connectivity index (χ1) is 27.3. The van der Waals surface area contributed by atoms with Crippen LogP contribution in [-0.2, 0) is 61.3 Å². The smallest absolute Gasteiger partial charge is 0.333 e. The van der Waals surface area contributed by atoms with Gasteiger partial charge in [0, 0.05) is 5.57 Å². The SMILES string of the molecule is C=C(C)C(=O)OCCOCCOCCOCCOCCOCCOCCOCCOCCOCCOCCO[Si](c1ccccc1)(c1ccccc1)C(C)(C)C. The summed E-state index contributed by atoms with van der Waals surface area (Å²) in [5.41, 5.74) is 0.369. The van der Waals surface area contributed by atoms with Gasteiger partial charge < -0.3 is 56.5 Å². The average molecular weight is 809 g/mol. The van der Waals surface area contributed by atoms with Crippen LogP contribution in [0.1, 0.15) is 27.7 Å². The fourth-order valence-electron chi connectivity index (χ4n) is 5.41. The Balaban J connectivity index is 1.29. The molecule has 0 spiro atoms. The highest BCUT2D eigenvalue weighted by Crippen LogP contribution is 2.36. The Morgan fingerprint density at radius 3 is 0.946 bits per heavy atom. The van der Waals surface area contributed by atoms with E-state index in [0.29, 0.717) is 144 Å². The second-order valence-electron chi connectivity index (χ2n) is 13.6. The van der Waals surface area contributed by atoms with Crippen molar-refractivity contribution in [1.82, 2.24) is 0 Å². The van der Waals surface area contributed by atoms with E-state index in [1.165, 1.54) is 10.4 Å². The maximum absolute atomic E-state index is 11.2. The van der Waals surface area contributed by atoms with Crippen molar-refractivity contribution in [1.29, 1.82) is 0 Å². The monoisotopic (exact) mass is 808 g/mol. The summed E-state index contributed by atoms with van der Waals surface area (Å²) in [7, 11) is -2.54. The molecule has 0 aliphatic carbocycles. The maximum Gasteiger partial charge on any atom is 0.333 e. The van der Waals surface area contributed by atoms with Gasteiger partial charge in [-0.05, 0) is 22.3 Å². The van der Waals surface area contributed by atoms with Gasteiger partial charge in [0.15, 0.2) is 0 Å². The summed E-state index contributed by atoms with van der Waals surface area (Å²) >= 11 is 0. The molecule has 0 heterocycles. The van der Waals surface area contributed by atoms with Gasteiger partial charge in [-0.2, -0.15) is 0 Å². The molecule has 14 heteroatoms. The summed E-state index contributed by atoms with van der Waals surface area (Å²) in [6.07, 6.45) is 0. The van der Waals surface area contributed by atoms with E-state index in [1.807, 2.05) is 0 Å². The Morgan fingerprint density at radius 2 is 0.696 bits per heavy atom. The lowest BCUT2D eigenvalue weighted by molar-refractivity contribution is -0.140. The number of esters is 1. The van der Waals surface area contributed by atoms with E-state index in [2.05, 4.69) is 88.0 Å². The van der Waals surface area contributed by atoms with Crippen molar-refractivity contribution >= 4 is 24.7 Å². The predicted octanol–water partition coefficient (Wildman–Crippen LogP) is 3.85. The summed E-state index contributed by atoms with van der Waals surface area (Å²) in [5, 5.41) is 2.46. The highest BCUT2D eigenvalue weighted by molar-refractivity contribution is 6.99. The van der Waals surface area contributed by atoms with Crippen LogP contribution >= 0.6 is 0 Å². The molecule has 0 aliphatic heterocycles. The molecule has 0 saturated carbocycles. The Kier molecular flexibility index (Phi) is 28.7. The summed E-state index contributed by atoms with van der Waals surface area (Å²) in [5.74, 6) is -0.414. The van der Waals surface area contributed by atoms with E-state index in [1.54, 1.807) is 6.92 Å². The molecule has 0 aliphatic rings. The minimum atomic E-state index is -2.54. The first-order valence-electron chi connectivity index (χ1n) is 19.6. The van der Waals surface area contributed by atoms with E-state index in [4.69, 9.17) is 56.5 Å². The molecule has 318 valence electrons. The van der Waals surface area contributed by atoms with Crippen LogP contribution < -0.4 is 10.4 Å². The third-order valence-corrected chi connectivity index (χ3v) is 13.2. The third kappa shape index (κ3) is 22.4. The fourth-order valence-corrected chi connectivity index (χ4v) is 9.96. The Morgan fingerprint density at radius 1 is 0.446 bits per heavy atom. The number of rotatable bonds is 37. The van der Waals surface area contributed by atoms with Crippen molar-refractivity contribution < 1.29 is 61.3 Å². The predicted molar refractivity (Wildman–Crippen MR) is 218 cm³/mol. The summed E-state index contributed by atoms with van der Waals surface area (Å²) < 4.78 is 67.1. The van der Waals surface area contributed by atoms with Crippen molar-refractivity contribution in [2.75, 3.05) is 145 Å². The molecular formula is C42H68O13Si. The summed E-state index contributed by atoms with van der Waals surface area (Å²) in [6, 6.07) is 21.3. The first-order valence-corrected chi connectivity index (χ1v) is 21.5. The molecule has 13 nitrogen and oxygen atoms in total. The van der Waals surface area contributed by atoms with Gasteiger partial charge in [-0.3, -0.25) is 0 Å². The number of carbonyl (C=O) groups is 1. The lowest BCUT2D eigenvalue weighted by Crippen LogP contribution is -2.66. The van der Waals surface area contributed by atoms with Gasteiger partial charge in [-0.25, -0.2) is 4.79 Å². The fraction of sp³-hybridized carbons (Fsp3) is 0.643. The van der Waals surface area contributed by atoms with E-state index in [9.17, 15) is 4.79 Å². The molecule has 0 N–H and O–H groups in total. The molecule has 0 atom stereocenters. The standard InChI is InChI=1S/C42H68O13Si/c1-38(2)41(43)54-36-34-52-32-30-50-28-26-48-24-22-46-20-18-44-16-17-45-19-21-47-23-25-49-27-29-51-31-33-53-35-37-55-56(42(3,4)5,39-12-8-6-9-13-39)40-14-10-7-11-15-40/h6-15H,1,16-37H2,2-5H3. The zero-order valence-corrected chi connectivity index (χ0v) is 35.3. The summed E-state index contributed by atoms with van der Waals surface area (Å²) in [6.45, 7) is 22.2. The van der Waals surface area contributed by atoms with Crippen LogP contribution in [0, 0.1) is 0 Å². The van der Waals surface area contributed by atoms with Gasteiger partial charge in [0.25, 0.3) is 8.32 Å². The van der Waals surface area contributed by atoms with Crippen LogP contribution in [-0.4, -0.2) is 160 Å². The van der Waals surface area contributed by atoms with E-state index in [0.717, 1.165) is 0 Å². The molecular weight excluding hydrogens is 741 g/mol. The highest BCUT2D eigenvalue weighted by atomic mass is 28.4. The molecule has 0 bridgehead atoms. The number of hydrogen-bond donors (Lipinski definition) is 0. The number of hydrogen-bond acceptors (Lipinski definition) is 13. The Labute approximate surface area is 336 Å². The Bertz CT molecular complexity index is 1190. The molecule has 0 amide bonds. The van der Waals surface area contributed by atoms with Crippen LogP contribution in [0.15, 0.2) is 72.8 Å². The van der Waals surface area contributed by atoms with Crippen LogP contribution in [0.4, 0.5) is 0 Å². The summed E-state index contributed by atoms with van der Waals surface area (Å²) in [4.78, 5) is 11.2. The second kappa shape index (κ2) is 32.4. The Hall–Kier alpha value is -2.57. The quantitative estimate of drug-likeness (QED) is 0.0425. The highest BCUT2D eigenvalue weighted by Gasteiger charge is 2.50. The van der Waals surface area contributed by atoms with Gasteiger partial charge >= 0.3 is 5.97 Å². The van der Waals surface area contributed by atoms with E-state index < -0.39 is 14.3 Å². The molecule has 0 aromatic heterocycles. The third-order valence-electron chi connectivity index (χ3n) is 8.12. The lowest BCUT2D eigenvalue weighted by atomic mass is 10.2. The molecule has 2 rings (SSSR count). The number of carbonyl (C=O) groups excluding carboxylic acids is 1. The molecule has 2 aromatic rings. The molecule has 0 fully saturated rings. The van der Waals surface area contributed by atoms with Crippen LogP contribution in [0.2, 0.25) is 5.04 Å². The molecule has 0 unspecified atom stereocenters. The number of benzene rings is 2. The van der Waals surface area contributed by atoms with E-state index >= 15 is 0 Å². The molecule has 0 radical (unpaired) electrons. The first kappa shape index (κ1) is 49.6. The molecule has 2 aromatic carbocycles. The van der Waals surface area contributed by atoms with Gasteiger partial charge in [-0.1, -0.05) is 88.0 Å². The van der Waals surface area contributed by atoms with Crippen LogP contribution in [0.3, 0.4) is 0 Å². The largest absolute Gasteiger partial charge is 0.460 e. The minimum Gasteiger partial charge on any atom is -0.460 e. The van der Waals surface area contributed by atoms with Gasteiger partial charge in [0.05, 0.1) is 139 Å². The van der Waals surface area contributed by atoms with E-state index in [-0.39, 0.29) is 11.6 Å². The number of ether oxygens (including phenoxy) is 11. The van der Waals surface area contributed by atoms with Gasteiger partial charge in [0.2, 0.25) is 0 Å². The normalized spacial score (nSPS) is 11.9. The van der Waals surface area contributed by atoms with Crippen molar-refractivity contribution in [2.45, 2.75) is 32.7 Å². The van der Waals surface area contributed by atoms with Gasteiger partial charge in [-0.15, -0.1) is 0 Å². The zero-order valence-electron chi connectivity index (χ0n) is 34.3. The molecule has 56 heavy (non-hydrogen) atoms. The van der Waals surface area contributed by atoms with Crippen molar-refractivity contribution in [3.05, 3.63) is 72.8 Å². The van der Waals surface area contributed by atoms with Crippen molar-refractivity contribution in [3.63, 3.8) is 0 Å². The lowest BCUT2D eigenvalue weighted by Gasteiger charge is -2.43. The minimum absolute atomic E-state index is 0.0612. The van der Waals surface area contributed by atoms with Gasteiger partial charge in [0.1, 0.15) is 6.61 Å². The topological polar surface area (TPSA) is 128 Å². The maximum atomic E-state index is 11.2. The second-order valence-corrected chi connectivity index (χ2v) is 17.9. The van der Waals surface area contributed by atoms with Crippen molar-refractivity contribution in [3.8, 4) is 0 Å². The van der Waals surface area contributed by atoms with Crippen LogP contribution in [0.25, 0.3) is 0 Å². The van der Waals surface area contributed by atoms with Crippen LogP contribution in [0.5, 0.6) is 0 Å². The van der Waals surface area contributed by atoms with Crippen molar-refractivity contribution in [2.24, 2.45) is 0 Å². The average Bonchev–Trinajstić information content (AvgIpc) is 3.19. The zero-order chi connectivity index (χ0) is 40.4.